The number of aromatic nitrogens is 2. The molecule has 2 aliphatic heterocycles. The summed E-state index contributed by atoms with van der Waals surface area (Å²) in [6.45, 7) is 8.08. The van der Waals surface area contributed by atoms with Gasteiger partial charge in [-0.3, -0.25) is 18.8 Å². The summed E-state index contributed by atoms with van der Waals surface area (Å²) in [4.78, 5) is 57.1. The van der Waals surface area contributed by atoms with Gasteiger partial charge in [-0.2, -0.15) is 0 Å². The topological polar surface area (TPSA) is 128 Å². The number of thiazole rings is 1. The maximum atomic E-state index is 13.2. The normalized spacial score (nSPS) is 22.4. The Morgan fingerprint density at radius 1 is 1.23 bits per heavy atom. The SMILES string of the molecule is CCC(CC)C(=O)OCOC(=O)C1=C(c2cn3cnc(C(C)=O)c3s2)[C@H](C)[C@@H]2[C@@H]([C@@H](C)O)C(=O)N12. The Bertz CT molecular complexity index is 1220. The molecule has 10 nitrogen and oxygen atoms in total. The highest BCUT2D eigenvalue weighted by atomic mass is 32.1. The van der Waals surface area contributed by atoms with Crippen LogP contribution in [0, 0.1) is 17.8 Å². The monoisotopic (exact) mass is 503 g/mol. The van der Waals surface area contributed by atoms with Crippen LogP contribution in [-0.4, -0.2) is 62.0 Å². The lowest BCUT2D eigenvalue weighted by Crippen LogP contribution is -2.63. The van der Waals surface area contributed by atoms with Gasteiger partial charge in [-0.25, -0.2) is 9.78 Å². The van der Waals surface area contributed by atoms with Crippen molar-refractivity contribution >= 4 is 45.4 Å². The van der Waals surface area contributed by atoms with Crippen molar-refractivity contribution in [3.8, 4) is 0 Å². The molecule has 4 rings (SSSR count). The molecule has 0 spiro atoms. The number of esters is 2. The van der Waals surface area contributed by atoms with Crippen LogP contribution < -0.4 is 0 Å². The van der Waals surface area contributed by atoms with E-state index in [1.54, 1.807) is 17.5 Å². The van der Waals surface area contributed by atoms with Crippen LogP contribution >= 0.6 is 11.3 Å². The predicted molar refractivity (Wildman–Crippen MR) is 126 cm³/mol. The van der Waals surface area contributed by atoms with Gasteiger partial charge in [0.25, 0.3) is 0 Å². The minimum absolute atomic E-state index is 0.0739. The molecule has 0 aliphatic carbocycles. The highest BCUT2D eigenvalue weighted by Crippen LogP contribution is 2.51. The number of β-lactam (4-membered cyclic amide) rings is 1. The van der Waals surface area contributed by atoms with Crippen LogP contribution in [0.3, 0.4) is 0 Å². The summed E-state index contributed by atoms with van der Waals surface area (Å²) in [5.41, 5.74) is 0.988. The first-order valence-corrected chi connectivity index (χ1v) is 12.5. The number of imidazole rings is 1. The summed E-state index contributed by atoms with van der Waals surface area (Å²) in [5, 5.41) is 10.2. The highest BCUT2D eigenvalue weighted by Gasteiger charge is 2.60. The van der Waals surface area contributed by atoms with Crippen molar-refractivity contribution in [1.29, 1.82) is 0 Å². The van der Waals surface area contributed by atoms with Crippen LogP contribution in [0.5, 0.6) is 0 Å². The Morgan fingerprint density at radius 2 is 1.91 bits per heavy atom. The maximum absolute atomic E-state index is 13.2. The van der Waals surface area contributed by atoms with Crippen molar-refractivity contribution in [2.45, 2.75) is 59.6 Å². The van der Waals surface area contributed by atoms with E-state index in [1.165, 1.54) is 29.5 Å². The molecule has 0 aromatic carbocycles. The van der Waals surface area contributed by atoms with E-state index in [4.69, 9.17) is 9.47 Å². The number of nitrogens with zero attached hydrogens (tertiary/aromatic N) is 3. The van der Waals surface area contributed by atoms with Crippen molar-refractivity contribution < 1.29 is 33.8 Å². The summed E-state index contributed by atoms with van der Waals surface area (Å²) < 4.78 is 12.1. The van der Waals surface area contributed by atoms with Crippen molar-refractivity contribution in [3.63, 3.8) is 0 Å². The number of ketones is 1. The fourth-order valence-corrected chi connectivity index (χ4v) is 6.26. The van der Waals surface area contributed by atoms with E-state index >= 15 is 0 Å². The number of carbonyl (C=O) groups is 4. The minimum atomic E-state index is -0.878. The Morgan fingerprint density at radius 3 is 2.51 bits per heavy atom. The molecular formula is C24H29N3O7S. The third-order valence-electron chi connectivity index (χ3n) is 6.89. The van der Waals surface area contributed by atoms with Crippen LogP contribution in [0.1, 0.15) is 62.8 Å². The van der Waals surface area contributed by atoms with Crippen molar-refractivity contribution in [2.24, 2.45) is 17.8 Å². The predicted octanol–water partition coefficient (Wildman–Crippen LogP) is 2.65. The van der Waals surface area contributed by atoms with Gasteiger partial charge in [0.15, 0.2) is 5.78 Å². The third-order valence-corrected chi connectivity index (χ3v) is 8.03. The number of carbonyl (C=O) groups excluding carboxylic acids is 4. The van der Waals surface area contributed by atoms with Crippen molar-refractivity contribution in [3.05, 3.63) is 28.8 Å². The van der Waals surface area contributed by atoms with Crippen LogP contribution in [0.2, 0.25) is 0 Å². The first-order chi connectivity index (χ1) is 16.6. The molecule has 188 valence electrons. The van der Waals surface area contributed by atoms with Crippen molar-refractivity contribution in [2.75, 3.05) is 6.79 Å². The van der Waals surface area contributed by atoms with Crippen molar-refractivity contribution in [1.82, 2.24) is 14.3 Å². The molecule has 4 atom stereocenters. The average molecular weight is 504 g/mol. The second-order valence-electron chi connectivity index (χ2n) is 9.00. The number of amides is 1. The molecule has 0 radical (unpaired) electrons. The molecule has 0 unspecified atom stereocenters. The number of ether oxygens (including phenoxy) is 2. The molecule has 35 heavy (non-hydrogen) atoms. The molecule has 0 saturated carbocycles. The summed E-state index contributed by atoms with van der Waals surface area (Å²) in [5.74, 6) is -2.96. The fourth-order valence-electron chi connectivity index (χ4n) is 5.00. The molecule has 1 amide bonds. The molecule has 11 heteroatoms. The lowest BCUT2D eigenvalue weighted by atomic mass is 9.77. The number of hydrogen-bond acceptors (Lipinski definition) is 9. The lowest BCUT2D eigenvalue weighted by Gasteiger charge is -2.46. The van der Waals surface area contributed by atoms with E-state index in [9.17, 15) is 24.3 Å². The number of fused-ring (bicyclic) bond motifs is 2. The summed E-state index contributed by atoms with van der Waals surface area (Å²) in [6.07, 6.45) is 3.64. The Hall–Kier alpha value is -3.05. The average Bonchev–Trinajstić information content (AvgIpc) is 3.43. The molecule has 2 aromatic heterocycles. The third kappa shape index (κ3) is 4.06. The van der Waals surface area contributed by atoms with E-state index in [0.29, 0.717) is 33.8 Å². The quantitative estimate of drug-likeness (QED) is 0.239. The van der Waals surface area contributed by atoms with Gasteiger partial charge in [0.1, 0.15) is 22.5 Å². The Labute approximate surface area is 206 Å². The van der Waals surface area contributed by atoms with Gasteiger partial charge in [-0.15, -0.1) is 11.3 Å². The molecule has 1 fully saturated rings. The van der Waals surface area contributed by atoms with Crippen LogP contribution in [0.15, 0.2) is 18.2 Å². The number of aliphatic hydroxyl groups excluding tert-OH is 1. The highest BCUT2D eigenvalue weighted by molar-refractivity contribution is 7.18. The lowest BCUT2D eigenvalue weighted by molar-refractivity contribution is -0.173. The number of aliphatic hydroxyl groups is 1. The van der Waals surface area contributed by atoms with E-state index < -0.39 is 36.8 Å². The van der Waals surface area contributed by atoms with Gasteiger partial charge in [0, 0.05) is 24.6 Å². The summed E-state index contributed by atoms with van der Waals surface area (Å²) in [7, 11) is 0. The molecule has 0 bridgehead atoms. The van der Waals surface area contributed by atoms with Crippen LogP contribution in [0.4, 0.5) is 0 Å². The van der Waals surface area contributed by atoms with Gasteiger partial charge in [-0.05, 0) is 19.8 Å². The summed E-state index contributed by atoms with van der Waals surface area (Å²) >= 11 is 1.29. The fraction of sp³-hybridized carbons (Fsp3) is 0.542. The number of hydrogen-bond donors (Lipinski definition) is 1. The van der Waals surface area contributed by atoms with E-state index in [0.717, 1.165) is 0 Å². The second-order valence-corrected chi connectivity index (χ2v) is 10.0. The Kier molecular flexibility index (Phi) is 6.83. The van der Waals surface area contributed by atoms with E-state index in [-0.39, 0.29) is 29.2 Å². The smallest absolute Gasteiger partial charge is 0.358 e. The number of rotatable bonds is 9. The molecule has 2 aromatic rings. The maximum Gasteiger partial charge on any atom is 0.358 e. The van der Waals surface area contributed by atoms with Gasteiger partial charge >= 0.3 is 11.9 Å². The van der Waals surface area contributed by atoms with Crippen LogP contribution in [-0.2, 0) is 23.9 Å². The van der Waals surface area contributed by atoms with Gasteiger partial charge < -0.3 is 19.5 Å². The molecule has 1 N–H and O–H groups in total. The largest absolute Gasteiger partial charge is 0.428 e. The van der Waals surface area contributed by atoms with Gasteiger partial charge in [0.2, 0.25) is 12.7 Å². The molecular weight excluding hydrogens is 474 g/mol. The first-order valence-electron chi connectivity index (χ1n) is 11.7. The zero-order valence-electron chi connectivity index (χ0n) is 20.3. The van der Waals surface area contributed by atoms with E-state index in [2.05, 4.69) is 4.98 Å². The minimum Gasteiger partial charge on any atom is -0.428 e. The molecule has 2 aliphatic rings. The Balaban J connectivity index is 1.67. The standard InChI is InChI=1S/C24H29N3O7S/c1-6-14(7-2)23(31)33-10-34-24(32)20-16(11(3)19-17(12(4)28)21(30)27(19)20)15-8-26-9-25-18(13(5)29)22(26)35-15/h8-9,11-12,14,17,19,28H,6-7,10H2,1-5H3/t11-,12+,17+,19+/m0/s1. The summed E-state index contributed by atoms with van der Waals surface area (Å²) in [6, 6.07) is -0.404. The molecule has 4 heterocycles. The second kappa shape index (κ2) is 9.54. The van der Waals surface area contributed by atoms with Crippen LogP contribution in [0.25, 0.3) is 10.4 Å². The zero-order chi connectivity index (χ0) is 25.6. The molecule has 1 saturated heterocycles. The van der Waals surface area contributed by atoms with E-state index in [1.807, 2.05) is 20.8 Å². The zero-order valence-corrected chi connectivity index (χ0v) is 21.1. The van der Waals surface area contributed by atoms with Gasteiger partial charge in [-0.1, -0.05) is 20.8 Å². The number of Topliss-reactive ketones (excluding diaryl/α,β-unsaturated/α-hetero) is 1. The van der Waals surface area contributed by atoms with Gasteiger partial charge in [0.05, 0.1) is 28.9 Å². The first kappa shape index (κ1) is 25.1.